The second-order valence-electron chi connectivity index (χ2n) is 11.7. The molecule has 1 nitrogen and oxygen atoms in total. The molecule has 2 saturated carbocycles. The van der Waals surface area contributed by atoms with Gasteiger partial charge in [-0.3, -0.25) is 0 Å². The fraction of sp³-hybridized carbons (Fsp3) is 0.625. The number of hydrogen-bond donors (Lipinski definition) is 0. The van der Waals surface area contributed by atoms with Gasteiger partial charge in [0, 0.05) is 5.56 Å². The van der Waals surface area contributed by atoms with Gasteiger partial charge in [0.15, 0.2) is 0 Å². The Hall–Kier alpha value is -2.04. The highest BCUT2D eigenvalue weighted by Crippen LogP contribution is 2.43. The van der Waals surface area contributed by atoms with E-state index in [2.05, 4.69) is 18.6 Å². The fourth-order valence-electron chi connectivity index (χ4n) is 6.84. The quantitative estimate of drug-likeness (QED) is 0.300. The van der Waals surface area contributed by atoms with E-state index in [0.29, 0.717) is 17.0 Å². The summed E-state index contributed by atoms with van der Waals surface area (Å²) in [5.74, 6) is 3.20. The first-order valence-electron chi connectivity index (χ1n) is 14.4. The molecule has 4 rings (SSSR count). The first kappa shape index (κ1) is 28.0. The van der Waals surface area contributed by atoms with Crippen LogP contribution in [-0.4, -0.2) is 6.36 Å². The van der Waals surface area contributed by atoms with Crippen LogP contribution in [0.2, 0.25) is 0 Å². The SMILES string of the molecule is CCCCC1CCC(C(C)CC2CCC(c3ccc(-c4ccc(OC(F)(F)F)cc4)c(F)c3)CC2)CC1. The monoisotopic (exact) mass is 518 g/mol. The normalized spacial score (nSPS) is 25.6. The molecule has 1 atom stereocenters. The van der Waals surface area contributed by atoms with Crippen molar-refractivity contribution in [2.45, 2.75) is 103 Å². The van der Waals surface area contributed by atoms with E-state index in [1.165, 1.54) is 88.5 Å². The number of halogens is 4. The van der Waals surface area contributed by atoms with Crippen LogP contribution in [0, 0.1) is 29.5 Å². The Labute approximate surface area is 220 Å². The van der Waals surface area contributed by atoms with E-state index in [-0.39, 0.29) is 11.6 Å². The topological polar surface area (TPSA) is 9.23 Å². The van der Waals surface area contributed by atoms with Gasteiger partial charge in [-0.15, -0.1) is 13.2 Å². The van der Waals surface area contributed by atoms with E-state index in [0.717, 1.165) is 42.1 Å². The zero-order chi connectivity index (χ0) is 26.4. The Balaban J connectivity index is 1.26. The number of hydrogen-bond acceptors (Lipinski definition) is 1. The summed E-state index contributed by atoms with van der Waals surface area (Å²) >= 11 is 0. The van der Waals surface area contributed by atoms with Gasteiger partial charge >= 0.3 is 6.36 Å². The van der Waals surface area contributed by atoms with Gasteiger partial charge in [-0.2, -0.15) is 0 Å². The second kappa shape index (κ2) is 12.7. The van der Waals surface area contributed by atoms with Crippen LogP contribution in [-0.2, 0) is 0 Å². The van der Waals surface area contributed by atoms with E-state index >= 15 is 4.39 Å². The Morgan fingerprint density at radius 1 is 0.865 bits per heavy atom. The highest BCUT2D eigenvalue weighted by atomic mass is 19.4. The molecule has 2 aliphatic carbocycles. The van der Waals surface area contributed by atoms with Gasteiger partial charge in [-0.25, -0.2) is 4.39 Å². The van der Waals surface area contributed by atoms with Crippen LogP contribution >= 0.6 is 0 Å². The van der Waals surface area contributed by atoms with Crippen molar-refractivity contribution < 1.29 is 22.3 Å². The summed E-state index contributed by atoms with van der Waals surface area (Å²) in [6.45, 7) is 4.76. The first-order valence-corrected chi connectivity index (χ1v) is 14.4. The summed E-state index contributed by atoms with van der Waals surface area (Å²) in [6, 6.07) is 10.7. The lowest BCUT2D eigenvalue weighted by atomic mass is 9.70. The van der Waals surface area contributed by atoms with Gasteiger partial charge < -0.3 is 4.74 Å². The maximum absolute atomic E-state index is 15.0. The smallest absolute Gasteiger partial charge is 0.406 e. The highest BCUT2D eigenvalue weighted by molar-refractivity contribution is 5.65. The van der Waals surface area contributed by atoms with Crippen molar-refractivity contribution in [3.8, 4) is 16.9 Å². The molecule has 2 fully saturated rings. The average Bonchev–Trinajstić information content (AvgIpc) is 2.88. The van der Waals surface area contributed by atoms with Crippen molar-refractivity contribution in [3.63, 3.8) is 0 Å². The molecule has 2 aromatic rings. The maximum atomic E-state index is 15.0. The average molecular weight is 519 g/mol. The van der Waals surface area contributed by atoms with E-state index in [4.69, 9.17) is 0 Å². The summed E-state index contributed by atoms with van der Waals surface area (Å²) in [4.78, 5) is 0. The number of benzene rings is 2. The molecule has 1 unspecified atom stereocenters. The van der Waals surface area contributed by atoms with Crippen LogP contribution in [0.1, 0.15) is 102 Å². The third kappa shape index (κ3) is 7.97. The molecular formula is C32H42F4O. The minimum Gasteiger partial charge on any atom is -0.406 e. The Bertz CT molecular complexity index is 967. The summed E-state index contributed by atoms with van der Waals surface area (Å²) in [7, 11) is 0. The van der Waals surface area contributed by atoms with Crippen molar-refractivity contribution in [3.05, 3.63) is 53.8 Å². The van der Waals surface area contributed by atoms with E-state index in [1.807, 2.05) is 6.07 Å². The standard InChI is InChI=1S/C32H42F4O/c1-3-4-5-23-6-10-25(11-7-23)22(2)20-24-8-12-26(13-9-24)28-16-19-30(31(33)21-28)27-14-17-29(18-15-27)37-32(34,35)36/h14-19,21-26H,3-13,20H2,1-2H3. The lowest BCUT2D eigenvalue weighted by molar-refractivity contribution is -0.274. The van der Waals surface area contributed by atoms with Crippen molar-refractivity contribution in [2.75, 3.05) is 0 Å². The fourth-order valence-corrected chi connectivity index (χ4v) is 6.84. The molecule has 0 bridgehead atoms. The summed E-state index contributed by atoms with van der Waals surface area (Å²) in [5, 5.41) is 0. The van der Waals surface area contributed by atoms with E-state index in [1.54, 1.807) is 12.1 Å². The predicted molar refractivity (Wildman–Crippen MR) is 142 cm³/mol. The lowest BCUT2D eigenvalue weighted by Crippen LogP contribution is -2.23. The van der Waals surface area contributed by atoms with Crippen LogP contribution in [0.3, 0.4) is 0 Å². The van der Waals surface area contributed by atoms with Crippen molar-refractivity contribution in [1.82, 2.24) is 0 Å². The molecule has 0 amide bonds. The van der Waals surface area contributed by atoms with Crippen molar-refractivity contribution in [1.29, 1.82) is 0 Å². The zero-order valence-corrected chi connectivity index (χ0v) is 22.3. The minimum atomic E-state index is -4.74. The largest absolute Gasteiger partial charge is 0.573 e. The molecular weight excluding hydrogens is 476 g/mol. The highest BCUT2D eigenvalue weighted by Gasteiger charge is 2.31. The third-order valence-electron chi connectivity index (χ3n) is 9.08. The molecule has 5 heteroatoms. The van der Waals surface area contributed by atoms with Crippen molar-refractivity contribution >= 4 is 0 Å². The molecule has 0 heterocycles. The Morgan fingerprint density at radius 2 is 1.51 bits per heavy atom. The van der Waals surface area contributed by atoms with Crippen LogP contribution in [0.5, 0.6) is 5.75 Å². The lowest BCUT2D eigenvalue weighted by Gasteiger charge is -2.36. The third-order valence-corrected chi connectivity index (χ3v) is 9.08. The maximum Gasteiger partial charge on any atom is 0.573 e. The first-order chi connectivity index (χ1) is 17.7. The molecule has 2 aliphatic rings. The Kier molecular flexibility index (Phi) is 9.58. The van der Waals surface area contributed by atoms with Gasteiger partial charge in [0.1, 0.15) is 11.6 Å². The minimum absolute atomic E-state index is 0.306. The molecule has 0 spiro atoms. The number of rotatable bonds is 9. The van der Waals surface area contributed by atoms with Crippen LogP contribution < -0.4 is 4.74 Å². The molecule has 37 heavy (non-hydrogen) atoms. The van der Waals surface area contributed by atoms with Crippen LogP contribution in [0.25, 0.3) is 11.1 Å². The van der Waals surface area contributed by atoms with Gasteiger partial charge in [0.05, 0.1) is 0 Å². The summed E-state index contributed by atoms with van der Waals surface area (Å²) in [6.07, 6.45) is 11.0. The van der Waals surface area contributed by atoms with Crippen molar-refractivity contribution in [2.24, 2.45) is 23.7 Å². The van der Waals surface area contributed by atoms with Gasteiger partial charge in [0.2, 0.25) is 0 Å². The predicted octanol–water partition coefficient (Wildman–Crippen LogP) is 10.7. The molecule has 204 valence electrons. The molecule has 0 aromatic heterocycles. The second-order valence-corrected chi connectivity index (χ2v) is 11.7. The van der Waals surface area contributed by atoms with Gasteiger partial charge in [0.25, 0.3) is 0 Å². The molecule has 2 aromatic carbocycles. The number of alkyl halides is 3. The van der Waals surface area contributed by atoms with Crippen LogP contribution in [0.4, 0.5) is 17.6 Å². The van der Waals surface area contributed by atoms with Gasteiger partial charge in [-0.1, -0.05) is 70.2 Å². The summed E-state index contributed by atoms with van der Waals surface area (Å²) in [5.41, 5.74) is 1.97. The Morgan fingerprint density at radius 3 is 2.11 bits per heavy atom. The molecule has 0 saturated heterocycles. The zero-order valence-electron chi connectivity index (χ0n) is 22.3. The molecule has 0 aliphatic heterocycles. The van der Waals surface area contributed by atoms with Crippen LogP contribution in [0.15, 0.2) is 42.5 Å². The van der Waals surface area contributed by atoms with E-state index < -0.39 is 6.36 Å². The van der Waals surface area contributed by atoms with E-state index in [9.17, 15) is 13.2 Å². The number of ether oxygens (including phenoxy) is 1. The number of unbranched alkanes of at least 4 members (excludes halogenated alkanes) is 1. The molecule has 0 N–H and O–H groups in total. The molecule has 0 radical (unpaired) electrons. The summed E-state index contributed by atoms with van der Waals surface area (Å²) < 4.78 is 56.1. The van der Waals surface area contributed by atoms with Gasteiger partial charge in [-0.05, 0) is 104 Å².